The summed E-state index contributed by atoms with van der Waals surface area (Å²) in [5, 5.41) is 14.6. The second-order valence-corrected chi connectivity index (χ2v) is 9.11. The highest BCUT2D eigenvalue weighted by Gasteiger charge is 2.37. The molecule has 8 heteroatoms. The van der Waals surface area contributed by atoms with Crippen LogP contribution in [0, 0.1) is 5.92 Å². The van der Waals surface area contributed by atoms with Gasteiger partial charge in [0.1, 0.15) is 6.61 Å². The Morgan fingerprint density at radius 3 is 2.26 bits per heavy atom. The maximum atomic E-state index is 12.8. The molecule has 3 atom stereocenters. The highest BCUT2D eigenvalue weighted by Crippen LogP contribution is 2.44. The Morgan fingerprint density at radius 2 is 1.68 bits per heavy atom. The predicted octanol–water partition coefficient (Wildman–Crippen LogP) is 3.30. The van der Waals surface area contributed by atoms with Gasteiger partial charge in [-0.3, -0.25) is 9.59 Å². The Kier molecular flexibility index (Phi) is 7.17. The van der Waals surface area contributed by atoms with Crippen LogP contribution in [-0.4, -0.2) is 54.5 Å². The van der Waals surface area contributed by atoms with Gasteiger partial charge in [0.2, 0.25) is 0 Å². The summed E-state index contributed by atoms with van der Waals surface area (Å²) in [5.74, 6) is -1.53. The third-order valence-electron chi connectivity index (χ3n) is 6.52. The fourth-order valence-electron chi connectivity index (χ4n) is 4.69. The molecule has 34 heavy (non-hydrogen) atoms. The molecule has 0 aromatic heterocycles. The summed E-state index contributed by atoms with van der Waals surface area (Å²) in [6.45, 7) is 4.18. The molecule has 0 unspecified atom stereocenters. The van der Waals surface area contributed by atoms with Crippen LogP contribution in [0.15, 0.2) is 48.5 Å². The standard InChI is InChI=1S/C26H30N2O6/c1-15(2)22(13-23(29)30)27-25(31)24-21(11-12-33-24)28-26(32)34-14-20-18-9-5-3-7-16(18)17-8-4-6-10-19(17)20/h3-10,15,20-22,24H,11-14H2,1-2H3,(H,27,31)(H,28,32)(H,29,30)/t21-,22+,24+/m0/s1. The van der Waals surface area contributed by atoms with Gasteiger partial charge in [0.15, 0.2) is 6.10 Å². The Labute approximate surface area is 198 Å². The van der Waals surface area contributed by atoms with Crippen LogP contribution < -0.4 is 10.6 Å². The number of fused-ring (bicyclic) bond motifs is 3. The minimum absolute atomic E-state index is 0.0557. The highest BCUT2D eigenvalue weighted by molar-refractivity contribution is 5.84. The summed E-state index contributed by atoms with van der Waals surface area (Å²) in [5.41, 5.74) is 4.54. The summed E-state index contributed by atoms with van der Waals surface area (Å²) in [7, 11) is 0. The third-order valence-corrected chi connectivity index (χ3v) is 6.52. The van der Waals surface area contributed by atoms with Crippen molar-refractivity contribution in [1.29, 1.82) is 0 Å². The molecular formula is C26H30N2O6. The molecule has 4 rings (SSSR count). The number of carboxylic acid groups (broad SMARTS) is 1. The lowest BCUT2D eigenvalue weighted by atomic mass is 9.98. The molecule has 8 nitrogen and oxygen atoms in total. The van der Waals surface area contributed by atoms with Crippen molar-refractivity contribution in [2.45, 2.75) is 50.8 Å². The van der Waals surface area contributed by atoms with E-state index < -0.39 is 36.2 Å². The molecule has 0 spiro atoms. The Hall–Kier alpha value is -3.39. The number of carbonyl (C=O) groups is 3. The van der Waals surface area contributed by atoms with Gasteiger partial charge in [-0.25, -0.2) is 4.79 Å². The van der Waals surface area contributed by atoms with Crippen molar-refractivity contribution in [3.8, 4) is 11.1 Å². The summed E-state index contributed by atoms with van der Waals surface area (Å²) in [6, 6.07) is 15.1. The maximum absolute atomic E-state index is 12.8. The van der Waals surface area contributed by atoms with Gasteiger partial charge in [0.05, 0.1) is 12.5 Å². The van der Waals surface area contributed by atoms with Crippen molar-refractivity contribution in [1.82, 2.24) is 10.6 Å². The first-order valence-electron chi connectivity index (χ1n) is 11.6. The molecule has 2 aromatic rings. The number of aliphatic carboxylic acids is 1. The molecule has 0 radical (unpaired) electrons. The lowest BCUT2D eigenvalue weighted by molar-refractivity contribution is -0.138. The normalized spacial score (nSPS) is 19.9. The molecule has 1 saturated heterocycles. The van der Waals surface area contributed by atoms with E-state index in [0.717, 1.165) is 22.3 Å². The number of alkyl carbamates (subject to hydrolysis) is 1. The molecule has 1 fully saturated rings. The van der Waals surface area contributed by atoms with Crippen molar-refractivity contribution in [3.63, 3.8) is 0 Å². The maximum Gasteiger partial charge on any atom is 0.407 e. The van der Waals surface area contributed by atoms with Crippen LogP contribution >= 0.6 is 0 Å². The SMILES string of the molecule is CC(C)[C@@H](CC(=O)O)NC(=O)[C@@H]1OCC[C@@H]1NC(=O)OCC1c2ccccc2-c2ccccc21. The van der Waals surface area contributed by atoms with Crippen LogP contribution in [0.4, 0.5) is 4.79 Å². The molecule has 0 bridgehead atoms. The van der Waals surface area contributed by atoms with E-state index in [0.29, 0.717) is 13.0 Å². The van der Waals surface area contributed by atoms with Gasteiger partial charge in [-0.15, -0.1) is 0 Å². The second-order valence-electron chi connectivity index (χ2n) is 9.11. The topological polar surface area (TPSA) is 114 Å². The van der Waals surface area contributed by atoms with Gasteiger partial charge in [-0.2, -0.15) is 0 Å². The number of carboxylic acids is 1. The Balaban J connectivity index is 1.36. The molecule has 180 valence electrons. The van der Waals surface area contributed by atoms with Gasteiger partial charge in [-0.1, -0.05) is 62.4 Å². The zero-order chi connectivity index (χ0) is 24.2. The minimum atomic E-state index is -0.986. The summed E-state index contributed by atoms with van der Waals surface area (Å²) in [6.07, 6.45) is -1.22. The number of hydrogen-bond acceptors (Lipinski definition) is 5. The fourth-order valence-corrected chi connectivity index (χ4v) is 4.69. The second kappa shape index (κ2) is 10.3. The van der Waals surface area contributed by atoms with E-state index in [1.807, 2.05) is 38.1 Å². The zero-order valence-corrected chi connectivity index (χ0v) is 19.3. The average Bonchev–Trinajstić information content (AvgIpc) is 3.39. The molecule has 1 aliphatic heterocycles. The van der Waals surface area contributed by atoms with Crippen molar-refractivity contribution in [2.24, 2.45) is 5.92 Å². The Bertz CT molecular complexity index is 1020. The predicted molar refractivity (Wildman–Crippen MR) is 125 cm³/mol. The van der Waals surface area contributed by atoms with Crippen LogP contribution in [0.2, 0.25) is 0 Å². The van der Waals surface area contributed by atoms with Gasteiger partial charge in [0.25, 0.3) is 5.91 Å². The molecule has 1 heterocycles. The molecule has 1 aliphatic carbocycles. The van der Waals surface area contributed by atoms with Gasteiger partial charge in [-0.05, 0) is 34.6 Å². The van der Waals surface area contributed by atoms with Crippen molar-refractivity contribution in [2.75, 3.05) is 13.2 Å². The number of hydrogen-bond donors (Lipinski definition) is 3. The van der Waals surface area contributed by atoms with E-state index in [1.165, 1.54) is 0 Å². The van der Waals surface area contributed by atoms with Crippen molar-refractivity contribution >= 4 is 18.0 Å². The third kappa shape index (κ3) is 5.07. The van der Waals surface area contributed by atoms with E-state index in [-0.39, 0.29) is 24.9 Å². The number of rotatable bonds is 8. The molecule has 2 aromatic carbocycles. The largest absolute Gasteiger partial charge is 0.481 e. The first kappa shape index (κ1) is 23.8. The molecule has 3 N–H and O–H groups in total. The van der Waals surface area contributed by atoms with E-state index >= 15 is 0 Å². The molecule has 2 amide bonds. The lowest BCUT2D eigenvalue weighted by Gasteiger charge is -2.25. The first-order chi connectivity index (χ1) is 16.3. The van der Waals surface area contributed by atoms with Crippen LogP contribution in [0.5, 0.6) is 0 Å². The summed E-state index contributed by atoms with van der Waals surface area (Å²) < 4.78 is 11.1. The van der Waals surface area contributed by atoms with Crippen LogP contribution in [0.25, 0.3) is 11.1 Å². The Morgan fingerprint density at radius 1 is 1.06 bits per heavy atom. The fraction of sp³-hybridized carbons (Fsp3) is 0.423. The number of amides is 2. The quantitative estimate of drug-likeness (QED) is 0.550. The summed E-state index contributed by atoms with van der Waals surface area (Å²) in [4.78, 5) is 36.5. The monoisotopic (exact) mass is 466 g/mol. The molecular weight excluding hydrogens is 436 g/mol. The van der Waals surface area contributed by atoms with Crippen LogP contribution in [0.3, 0.4) is 0 Å². The average molecular weight is 467 g/mol. The van der Waals surface area contributed by atoms with Gasteiger partial charge in [0, 0.05) is 18.6 Å². The minimum Gasteiger partial charge on any atom is -0.481 e. The number of nitrogens with one attached hydrogen (secondary N) is 2. The smallest absolute Gasteiger partial charge is 0.407 e. The van der Waals surface area contributed by atoms with Crippen molar-refractivity contribution < 1.29 is 29.0 Å². The van der Waals surface area contributed by atoms with E-state index in [9.17, 15) is 14.4 Å². The lowest BCUT2D eigenvalue weighted by Crippen LogP contribution is -2.52. The number of benzene rings is 2. The van der Waals surface area contributed by atoms with Crippen LogP contribution in [-0.2, 0) is 19.1 Å². The van der Waals surface area contributed by atoms with Gasteiger partial charge < -0.3 is 25.2 Å². The zero-order valence-electron chi connectivity index (χ0n) is 19.3. The van der Waals surface area contributed by atoms with E-state index in [4.69, 9.17) is 14.6 Å². The van der Waals surface area contributed by atoms with E-state index in [2.05, 4.69) is 34.9 Å². The molecule has 2 aliphatic rings. The summed E-state index contributed by atoms with van der Waals surface area (Å²) >= 11 is 0. The van der Waals surface area contributed by atoms with Crippen LogP contribution in [0.1, 0.15) is 43.7 Å². The number of ether oxygens (including phenoxy) is 2. The molecule has 0 saturated carbocycles. The van der Waals surface area contributed by atoms with Crippen molar-refractivity contribution in [3.05, 3.63) is 59.7 Å². The first-order valence-corrected chi connectivity index (χ1v) is 11.6. The highest BCUT2D eigenvalue weighted by atomic mass is 16.6. The van der Waals surface area contributed by atoms with Gasteiger partial charge >= 0.3 is 12.1 Å². The van der Waals surface area contributed by atoms with E-state index in [1.54, 1.807) is 0 Å². The number of carbonyl (C=O) groups excluding carboxylic acids is 2.